The van der Waals surface area contributed by atoms with Gasteiger partial charge < -0.3 is 9.84 Å². The maximum absolute atomic E-state index is 12.1. The Balaban J connectivity index is 1.52. The van der Waals surface area contributed by atoms with E-state index in [0.29, 0.717) is 11.4 Å². The molecule has 1 amide bonds. The number of imidazole rings is 1. The lowest BCUT2D eigenvalue weighted by Crippen LogP contribution is -2.14. The molecule has 0 unspecified atom stereocenters. The first-order chi connectivity index (χ1) is 10.7. The molecule has 110 valence electrons. The van der Waals surface area contributed by atoms with Gasteiger partial charge in [-0.25, -0.2) is 9.97 Å². The largest absolute Gasteiger partial charge is 0.336 e. The highest BCUT2D eigenvalue weighted by Gasteiger charge is 2.11. The van der Waals surface area contributed by atoms with Crippen molar-refractivity contribution >= 4 is 39.0 Å². The fraction of sp³-hybridized carbons (Fsp3) is 0.143. The monoisotopic (exact) mass is 313 g/mol. The molecule has 4 aromatic rings. The van der Waals surface area contributed by atoms with Gasteiger partial charge in [0, 0.05) is 17.8 Å². The summed E-state index contributed by atoms with van der Waals surface area (Å²) in [6, 6.07) is 1.80. The van der Waals surface area contributed by atoms with Crippen molar-refractivity contribution in [3.63, 3.8) is 0 Å². The molecule has 0 spiro atoms. The third-order valence-corrected chi connectivity index (χ3v) is 4.05. The van der Waals surface area contributed by atoms with E-state index in [9.17, 15) is 4.79 Å². The summed E-state index contributed by atoms with van der Waals surface area (Å²) in [6.07, 6.45) is 5.55. The molecule has 1 N–H and O–H groups in total. The van der Waals surface area contributed by atoms with Gasteiger partial charge >= 0.3 is 0 Å². The van der Waals surface area contributed by atoms with Crippen LogP contribution in [0.5, 0.6) is 0 Å². The smallest absolute Gasteiger partial charge is 0.258 e. The van der Waals surface area contributed by atoms with Gasteiger partial charge in [0.25, 0.3) is 5.71 Å². The molecule has 7 nitrogen and oxygen atoms in total. The quantitative estimate of drug-likeness (QED) is 0.628. The number of nitrogens with one attached hydrogen (secondary N) is 1. The molecular weight excluding hydrogens is 302 g/mol. The van der Waals surface area contributed by atoms with Crippen molar-refractivity contribution in [2.75, 3.05) is 5.32 Å². The molecule has 0 aromatic carbocycles. The van der Waals surface area contributed by atoms with Crippen LogP contribution in [0.4, 0.5) is 5.69 Å². The van der Waals surface area contributed by atoms with Gasteiger partial charge in [-0.15, -0.1) is 11.3 Å². The van der Waals surface area contributed by atoms with E-state index in [0.717, 1.165) is 21.7 Å². The van der Waals surface area contributed by atoms with Gasteiger partial charge in [0.05, 0.1) is 35.1 Å². The Labute approximate surface area is 128 Å². The van der Waals surface area contributed by atoms with Gasteiger partial charge in [-0.05, 0) is 13.0 Å². The summed E-state index contributed by atoms with van der Waals surface area (Å²) in [5.41, 5.74) is 2.56. The topological polar surface area (TPSA) is 85.3 Å². The molecule has 0 bridgehead atoms. The average molecular weight is 313 g/mol. The molecule has 0 atom stereocenters. The maximum atomic E-state index is 12.1. The number of hydrogen-bond donors (Lipinski definition) is 1. The summed E-state index contributed by atoms with van der Waals surface area (Å²) < 4.78 is 6.95. The first-order valence-electron chi connectivity index (χ1n) is 6.62. The highest BCUT2D eigenvalue weighted by atomic mass is 32.1. The van der Waals surface area contributed by atoms with Crippen LogP contribution in [0.2, 0.25) is 0 Å². The van der Waals surface area contributed by atoms with Crippen LogP contribution >= 0.6 is 11.3 Å². The number of hydrogen-bond acceptors (Lipinski definition) is 6. The molecule has 0 aliphatic carbocycles. The zero-order valence-corrected chi connectivity index (χ0v) is 12.4. The SMILES string of the molecule is Cc1noc2ncc(NC(=O)Cc3cn4ccsc4n3)cc12. The number of thiazole rings is 1. The van der Waals surface area contributed by atoms with Crippen LogP contribution in [0, 0.1) is 6.92 Å². The van der Waals surface area contributed by atoms with Crippen LogP contribution in [-0.2, 0) is 11.2 Å². The number of anilines is 1. The van der Waals surface area contributed by atoms with Gasteiger partial charge in [0.2, 0.25) is 5.91 Å². The van der Waals surface area contributed by atoms with Crippen molar-refractivity contribution < 1.29 is 9.32 Å². The molecule has 0 fully saturated rings. The summed E-state index contributed by atoms with van der Waals surface area (Å²) in [5.74, 6) is -0.138. The van der Waals surface area contributed by atoms with Crippen molar-refractivity contribution in [2.24, 2.45) is 0 Å². The van der Waals surface area contributed by atoms with Crippen LogP contribution in [0.1, 0.15) is 11.4 Å². The number of nitrogens with zero attached hydrogens (tertiary/aromatic N) is 4. The number of pyridine rings is 1. The number of carbonyl (C=O) groups excluding carboxylic acids is 1. The minimum Gasteiger partial charge on any atom is -0.336 e. The Morgan fingerprint density at radius 2 is 2.41 bits per heavy atom. The van der Waals surface area contributed by atoms with Crippen LogP contribution in [0.15, 0.2) is 34.6 Å². The van der Waals surface area contributed by atoms with Crippen molar-refractivity contribution in [1.82, 2.24) is 19.5 Å². The van der Waals surface area contributed by atoms with Crippen molar-refractivity contribution in [1.29, 1.82) is 0 Å². The van der Waals surface area contributed by atoms with Gasteiger partial charge in [-0.2, -0.15) is 0 Å². The Morgan fingerprint density at radius 3 is 3.27 bits per heavy atom. The summed E-state index contributed by atoms with van der Waals surface area (Å²) >= 11 is 1.54. The highest BCUT2D eigenvalue weighted by molar-refractivity contribution is 7.15. The number of fused-ring (bicyclic) bond motifs is 2. The standard InChI is InChI=1S/C14H11N5O2S/c1-8-11-4-9(6-15-13(11)21-18-8)16-12(20)5-10-7-19-2-3-22-14(19)17-10/h2-4,6-7H,5H2,1H3,(H,16,20). The molecule has 4 heterocycles. The Morgan fingerprint density at radius 1 is 1.50 bits per heavy atom. The normalized spacial score (nSPS) is 11.3. The molecule has 22 heavy (non-hydrogen) atoms. The molecule has 0 saturated heterocycles. The molecule has 0 aliphatic rings. The highest BCUT2D eigenvalue weighted by Crippen LogP contribution is 2.19. The zero-order valence-electron chi connectivity index (χ0n) is 11.6. The van der Waals surface area contributed by atoms with E-state index >= 15 is 0 Å². The van der Waals surface area contributed by atoms with E-state index < -0.39 is 0 Å². The lowest BCUT2D eigenvalue weighted by molar-refractivity contribution is -0.115. The Hall–Kier alpha value is -2.74. The van der Waals surface area contributed by atoms with Crippen LogP contribution < -0.4 is 5.32 Å². The zero-order chi connectivity index (χ0) is 15.1. The second-order valence-corrected chi connectivity index (χ2v) is 5.77. The first kappa shape index (κ1) is 13.0. The molecule has 4 rings (SSSR count). The van der Waals surface area contributed by atoms with E-state index in [2.05, 4.69) is 20.4 Å². The fourth-order valence-electron chi connectivity index (χ4n) is 2.24. The minimum absolute atomic E-state index is 0.138. The third-order valence-electron chi connectivity index (χ3n) is 3.28. The second-order valence-electron chi connectivity index (χ2n) is 4.89. The van der Waals surface area contributed by atoms with Crippen LogP contribution in [0.3, 0.4) is 0 Å². The lowest BCUT2D eigenvalue weighted by Gasteiger charge is -2.03. The molecular formula is C14H11N5O2S. The summed E-state index contributed by atoms with van der Waals surface area (Å²) in [5, 5.41) is 9.40. The van der Waals surface area contributed by atoms with E-state index in [1.54, 1.807) is 12.3 Å². The molecule has 4 aromatic heterocycles. The Bertz CT molecular complexity index is 955. The number of carbonyl (C=O) groups is 1. The van der Waals surface area contributed by atoms with Crippen LogP contribution in [-0.4, -0.2) is 25.4 Å². The predicted molar refractivity (Wildman–Crippen MR) is 81.9 cm³/mol. The average Bonchev–Trinajstić information content (AvgIpc) is 3.15. The van der Waals surface area contributed by atoms with Gasteiger partial charge in [-0.3, -0.25) is 9.20 Å². The summed E-state index contributed by atoms with van der Waals surface area (Å²) in [6.45, 7) is 1.83. The van der Waals surface area contributed by atoms with E-state index in [1.165, 1.54) is 11.3 Å². The summed E-state index contributed by atoms with van der Waals surface area (Å²) in [4.78, 5) is 21.5. The van der Waals surface area contributed by atoms with Crippen molar-refractivity contribution in [3.8, 4) is 0 Å². The predicted octanol–water partition coefficient (Wildman–Crippen LogP) is 2.42. The molecule has 8 heteroatoms. The van der Waals surface area contributed by atoms with Crippen LogP contribution in [0.25, 0.3) is 16.1 Å². The number of aryl methyl sites for hydroxylation is 1. The molecule has 0 radical (unpaired) electrons. The number of rotatable bonds is 3. The Kier molecular flexibility index (Phi) is 2.90. The van der Waals surface area contributed by atoms with Gasteiger partial charge in [-0.1, -0.05) is 5.16 Å². The first-order valence-corrected chi connectivity index (χ1v) is 7.50. The van der Waals surface area contributed by atoms with Crippen molar-refractivity contribution in [3.05, 3.63) is 41.4 Å². The number of amides is 1. The van der Waals surface area contributed by atoms with E-state index in [1.807, 2.05) is 29.1 Å². The molecule has 0 saturated carbocycles. The lowest BCUT2D eigenvalue weighted by atomic mass is 10.2. The minimum atomic E-state index is -0.138. The van der Waals surface area contributed by atoms with Crippen molar-refractivity contribution in [2.45, 2.75) is 13.3 Å². The third kappa shape index (κ3) is 2.23. The second kappa shape index (κ2) is 4.92. The number of aromatic nitrogens is 4. The fourth-order valence-corrected chi connectivity index (χ4v) is 2.96. The maximum Gasteiger partial charge on any atom is 0.258 e. The van der Waals surface area contributed by atoms with Gasteiger partial charge in [0.1, 0.15) is 0 Å². The van der Waals surface area contributed by atoms with E-state index in [4.69, 9.17) is 4.52 Å². The van der Waals surface area contributed by atoms with E-state index in [-0.39, 0.29) is 12.3 Å². The summed E-state index contributed by atoms with van der Waals surface area (Å²) in [7, 11) is 0. The molecule has 0 aliphatic heterocycles. The van der Waals surface area contributed by atoms with Gasteiger partial charge in [0.15, 0.2) is 4.96 Å².